The van der Waals surface area contributed by atoms with Crippen LogP contribution < -0.4 is 10.9 Å². The standard InChI is InChI=1S/C22H26N2O3/c1-13(25)12-24-6-5-17-18(20(24)26)3-2-4-19(17)23-21(27)22-10-14-7-15(11-22)9-16(22)8-14/h2-6,13-16,25H,7-12H2,1H3,(H,23,27)/t13?,14-,15+,16+,22?. The van der Waals surface area contributed by atoms with Gasteiger partial charge in [-0.25, -0.2) is 0 Å². The maximum atomic E-state index is 13.3. The molecule has 0 spiro atoms. The highest BCUT2D eigenvalue weighted by molar-refractivity contribution is 6.04. The van der Waals surface area contributed by atoms with Crippen LogP contribution in [0.4, 0.5) is 5.69 Å². The minimum atomic E-state index is -0.588. The van der Waals surface area contributed by atoms with Crippen molar-refractivity contribution < 1.29 is 9.90 Å². The maximum absolute atomic E-state index is 13.3. The molecule has 4 aliphatic rings. The lowest BCUT2D eigenvalue weighted by atomic mass is 9.75. The van der Waals surface area contributed by atoms with E-state index in [1.807, 2.05) is 18.2 Å². The molecule has 2 aromatic rings. The fraction of sp³-hybridized carbons (Fsp3) is 0.545. The lowest BCUT2D eigenvalue weighted by Gasteiger charge is -2.31. The van der Waals surface area contributed by atoms with Crippen LogP contribution in [0.1, 0.15) is 39.0 Å². The van der Waals surface area contributed by atoms with Crippen LogP contribution in [-0.4, -0.2) is 21.7 Å². The Morgan fingerprint density at radius 2 is 1.96 bits per heavy atom. The third kappa shape index (κ3) is 2.55. The first-order chi connectivity index (χ1) is 13.0. The summed E-state index contributed by atoms with van der Waals surface area (Å²) in [5.41, 5.74) is 0.403. The number of rotatable bonds is 4. The van der Waals surface area contributed by atoms with Crippen molar-refractivity contribution in [3.8, 4) is 0 Å². The number of hydrogen-bond acceptors (Lipinski definition) is 3. The minimum Gasteiger partial charge on any atom is -0.392 e. The number of benzene rings is 1. The molecule has 5 nitrogen and oxygen atoms in total. The average molecular weight is 366 g/mol. The largest absolute Gasteiger partial charge is 0.392 e. The summed E-state index contributed by atoms with van der Waals surface area (Å²) in [6, 6.07) is 7.36. The van der Waals surface area contributed by atoms with Gasteiger partial charge in [0.1, 0.15) is 0 Å². The van der Waals surface area contributed by atoms with Gasteiger partial charge in [0.15, 0.2) is 0 Å². The normalized spacial score (nSPS) is 32.1. The molecule has 142 valence electrons. The van der Waals surface area contributed by atoms with E-state index in [9.17, 15) is 14.7 Å². The van der Waals surface area contributed by atoms with E-state index >= 15 is 0 Å². The number of fused-ring (bicyclic) bond motifs is 1. The summed E-state index contributed by atoms with van der Waals surface area (Å²) in [4.78, 5) is 26.0. The lowest BCUT2D eigenvalue weighted by Crippen LogP contribution is -2.37. The number of nitrogens with zero attached hydrogens (tertiary/aromatic N) is 1. The Kier molecular flexibility index (Phi) is 3.73. The van der Waals surface area contributed by atoms with Gasteiger partial charge in [0.2, 0.25) is 5.91 Å². The Morgan fingerprint density at radius 3 is 2.67 bits per heavy atom. The molecular weight excluding hydrogens is 340 g/mol. The summed E-state index contributed by atoms with van der Waals surface area (Å²) in [6.07, 6.45) is 6.91. The van der Waals surface area contributed by atoms with Crippen molar-refractivity contribution in [2.75, 3.05) is 5.32 Å². The van der Waals surface area contributed by atoms with Gasteiger partial charge in [-0.3, -0.25) is 9.59 Å². The van der Waals surface area contributed by atoms with Crippen LogP contribution >= 0.6 is 0 Å². The van der Waals surface area contributed by atoms with Crippen molar-refractivity contribution in [2.45, 2.75) is 51.7 Å². The molecule has 1 amide bonds. The van der Waals surface area contributed by atoms with Gasteiger partial charge < -0.3 is 15.0 Å². The van der Waals surface area contributed by atoms with Crippen molar-refractivity contribution in [1.29, 1.82) is 0 Å². The number of carbonyl (C=O) groups is 1. The van der Waals surface area contributed by atoms with E-state index in [1.165, 1.54) is 23.8 Å². The number of anilines is 1. The summed E-state index contributed by atoms with van der Waals surface area (Å²) in [7, 11) is 0. The van der Waals surface area contributed by atoms with Crippen molar-refractivity contribution in [3.05, 3.63) is 40.8 Å². The molecule has 4 aliphatic carbocycles. The first kappa shape index (κ1) is 17.0. The summed E-state index contributed by atoms with van der Waals surface area (Å²) in [5.74, 6) is 2.15. The van der Waals surface area contributed by atoms with E-state index in [2.05, 4.69) is 5.32 Å². The summed E-state index contributed by atoms with van der Waals surface area (Å²) in [6.45, 7) is 1.93. The molecule has 0 saturated heterocycles. The smallest absolute Gasteiger partial charge is 0.258 e. The molecule has 4 saturated carbocycles. The molecule has 2 unspecified atom stereocenters. The zero-order chi connectivity index (χ0) is 18.8. The number of nitrogens with one attached hydrogen (secondary N) is 1. The number of aliphatic hydroxyl groups excluding tert-OH is 1. The summed E-state index contributed by atoms with van der Waals surface area (Å²) >= 11 is 0. The van der Waals surface area contributed by atoms with Crippen LogP contribution in [0.2, 0.25) is 0 Å². The highest BCUT2D eigenvalue weighted by atomic mass is 16.3. The van der Waals surface area contributed by atoms with Crippen molar-refractivity contribution >= 4 is 22.4 Å². The number of pyridine rings is 1. The Balaban J connectivity index is 1.48. The van der Waals surface area contributed by atoms with Gasteiger partial charge in [-0.2, -0.15) is 0 Å². The number of carbonyl (C=O) groups excluding carboxylic acids is 1. The quantitative estimate of drug-likeness (QED) is 0.873. The minimum absolute atomic E-state index is 0.136. The van der Waals surface area contributed by atoms with Crippen molar-refractivity contribution in [1.82, 2.24) is 4.57 Å². The van der Waals surface area contributed by atoms with Gasteiger partial charge in [-0.1, -0.05) is 6.07 Å². The third-order valence-corrected chi connectivity index (χ3v) is 7.17. The molecule has 6 rings (SSSR count). The molecule has 5 heteroatoms. The van der Waals surface area contributed by atoms with Gasteiger partial charge in [0, 0.05) is 22.7 Å². The number of aromatic nitrogens is 1. The second-order valence-corrected chi connectivity index (χ2v) is 9.04. The topological polar surface area (TPSA) is 71.3 Å². The zero-order valence-corrected chi connectivity index (χ0v) is 15.6. The molecule has 1 aromatic carbocycles. The molecule has 1 heterocycles. The molecule has 0 aliphatic heterocycles. The molecule has 27 heavy (non-hydrogen) atoms. The highest BCUT2D eigenvalue weighted by Crippen LogP contribution is 2.65. The molecular formula is C22H26N2O3. The SMILES string of the molecule is CC(O)Cn1ccc2c(NC(=O)C34C[C@@H]5C[C@@H](C[C@@H]3C5)C4)cccc2c1=O. The zero-order valence-electron chi connectivity index (χ0n) is 15.6. The monoisotopic (exact) mass is 366 g/mol. The molecule has 4 bridgehead atoms. The highest BCUT2D eigenvalue weighted by Gasteiger charge is 2.61. The van der Waals surface area contributed by atoms with Crippen LogP contribution in [0.25, 0.3) is 10.8 Å². The number of amides is 1. The van der Waals surface area contributed by atoms with Crippen molar-refractivity contribution in [3.63, 3.8) is 0 Å². The van der Waals surface area contributed by atoms with Gasteiger partial charge in [0.05, 0.1) is 18.1 Å². The van der Waals surface area contributed by atoms with Crippen molar-refractivity contribution in [2.24, 2.45) is 23.2 Å². The third-order valence-electron chi connectivity index (χ3n) is 7.17. The molecule has 5 atom stereocenters. The fourth-order valence-corrected chi connectivity index (χ4v) is 6.27. The average Bonchev–Trinajstić information content (AvgIpc) is 3.03. The molecule has 2 N–H and O–H groups in total. The molecule has 0 radical (unpaired) electrons. The van der Waals surface area contributed by atoms with E-state index in [1.54, 1.807) is 19.2 Å². The van der Waals surface area contributed by atoms with Gasteiger partial charge in [0.25, 0.3) is 5.56 Å². The van der Waals surface area contributed by atoms with Crippen LogP contribution in [0.3, 0.4) is 0 Å². The van der Waals surface area contributed by atoms with Crippen LogP contribution in [0.5, 0.6) is 0 Å². The first-order valence-electron chi connectivity index (χ1n) is 10.1. The predicted octanol–water partition coefficient (Wildman–Crippen LogP) is 3.15. The lowest BCUT2D eigenvalue weighted by molar-refractivity contribution is -0.127. The van der Waals surface area contributed by atoms with E-state index in [0.717, 1.165) is 35.8 Å². The Morgan fingerprint density at radius 1 is 1.22 bits per heavy atom. The van der Waals surface area contributed by atoms with Crippen LogP contribution in [0, 0.1) is 23.2 Å². The maximum Gasteiger partial charge on any atom is 0.258 e. The van der Waals surface area contributed by atoms with E-state index in [0.29, 0.717) is 11.3 Å². The van der Waals surface area contributed by atoms with Gasteiger partial charge >= 0.3 is 0 Å². The Hall–Kier alpha value is -2.14. The van der Waals surface area contributed by atoms with E-state index in [4.69, 9.17) is 0 Å². The molecule has 4 fully saturated rings. The van der Waals surface area contributed by atoms with E-state index in [-0.39, 0.29) is 23.4 Å². The van der Waals surface area contributed by atoms with Crippen LogP contribution in [0.15, 0.2) is 35.3 Å². The predicted molar refractivity (Wildman–Crippen MR) is 105 cm³/mol. The van der Waals surface area contributed by atoms with Crippen LogP contribution in [-0.2, 0) is 11.3 Å². The van der Waals surface area contributed by atoms with Gasteiger partial charge in [-0.05, 0) is 75.0 Å². The Labute approximate surface area is 158 Å². The summed E-state index contributed by atoms with van der Waals surface area (Å²) in [5, 5.41) is 14.1. The molecule has 1 aromatic heterocycles. The second kappa shape index (κ2) is 5.93. The Bertz CT molecular complexity index is 963. The van der Waals surface area contributed by atoms with Gasteiger partial charge in [-0.15, -0.1) is 0 Å². The first-order valence-corrected chi connectivity index (χ1v) is 10.1. The fourth-order valence-electron chi connectivity index (χ4n) is 6.27. The van der Waals surface area contributed by atoms with E-state index < -0.39 is 6.10 Å². The number of hydrogen-bond donors (Lipinski definition) is 2. The second-order valence-electron chi connectivity index (χ2n) is 9.04. The number of aliphatic hydroxyl groups is 1. The summed E-state index contributed by atoms with van der Waals surface area (Å²) < 4.78 is 1.52.